The third-order valence-corrected chi connectivity index (χ3v) is 1.05. The molecule has 0 aromatic rings. The fraction of sp³-hybridized carbons (Fsp3) is 0.750. The van der Waals surface area contributed by atoms with Gasteiger partial charge in [0.1, 0.15) is 0 Å². The third-order valence-electron chi connectivity index (χ3n) is 0.349. The average Bonchev–Trinajstić information content (AvgIpc) is 1.69. The smallest absolute Gasteiger partial charge is 0.395 e. The molecule has 0 aliphatic rings. The molecule has 4 nitrogen and oxygen atoms in total. The van der Waals surface area contributed by atoms with Crippen LogP contribution in [0.25, 0.3) is 0 Å². The zero-order valence-electron chi connectivity index (χ0n) is 6.24. The van der Waals surface area contributed by atoms with Crippen LogP contribution in [-0.2, 0) is 10.1 Å². The molecular weight excluding hydrogens is 167 g/mol. The Labute approximate surface area is 83.7 Å². The second-order valence-corrected chi connectivity index (χ2v) is 2.58. The van der Waals surface area contributed by atoms with E-state index in [1.807, 2.05) is 0 Å². The van der Waals surface area contributed by atoms with Crippen molar-refractivity contribution in [2.75, 3.05) is 12.4 Å². The van der Waals surface area contributed by atoms with Crippen LogP contribution in [0.5, 0.6) is 0 Å². The van der Waals surface area contributed by atoms with E-state index in [9.17, 15) is 8.42 Å². The quantitative estimate of drug-likeness (QED) is 0.264. The Balaban J connectivity index is -0.000000149. The molecule has 0 amide bonds. The Morgan fingerprint density at radius 3 is 1.70 bits per heavy atom. The van der Waals surface area contributed by atoms with Gasteiger partial charge in [0.2, 0.25) is 0 Å². The van der Waals surface area contributed by atoms with Gasteiger partial charge in [-0.2, -0.15) is 15.3 Å². The summed E-state index contributed by atoms with van der Waals surface area (Å²) in [6.07, 6.45) is 0. The van der Waals surface area contributed by atoms with E-state index in [4.69, 9.17) is 9.66 Å². The van der Waals surface area contributed by atoms with Crippen LogP contribution in [0.3, 0.4) is 0 Å². The van der Waals surface area contributed by atoms with Crippen LogP contribution in [0.15, 0.2) is 0 Å². The van der Waals surface area contributed by atoms with E-state index < -0.39 is 22.5 Å². The zero-order valence-corrected chi connectivity index (χ0v) is 9.06. The Hall–Kier alpha value is 0.870. The topological polar surface area (TPSA) is 74.6 Å². The maximum Gasteiger partial charge on any atom is 1.00 e. The predicted octanol–water partition coefficient (Wildman–Crippen LogP) is -3.29. The number of rotatable bonds is 2. The van der Waals surface area contributed by atoms with Crippen LogP contribution in [0, 0.1) is 6.92 Å². The second kappa shape index (κ2) is 9.87. The summed E-state index contributed by atoms with van der Waals surface area (Å²) >= 11 is 0. The molecule has 0 heterocycles. The van der Waals surface area contributed by atoms with Crippen molar-refractivity contribution in [2.24, 2.45) is 0 Å². The monoisotopic (exact) mass is 178 g/mol. The molecule has 0 bridgehead atoms. The van der Waals surface area contributed by atoms with Crippen LogP contribution < -0.4 is 29.6 Å². The average molecular weight is 178 g/mol. The molecule has 0 aliphatic carbocycles. The molecule has 0 atom stereocenters. The molecule has 6 heteroatoms. The van der Waals surface area contributed by atoms with Crippen LogP contribution in [0.4, 0.5) is 0 Å². The van der Waals surface area contributed by atoms with Gasteiger partial charge in [-0.15, -0.1) is 0 Å². The summed E-state index contributed by atoms with van der Waals surface area (Å²) in [5, 5.41) is 7.86. The summed E-state index contributed by atoms with van der Waals surface area (Å²) < 4.78 is 27.1. The fourth-order valence-corrected chi connectivity index (χ4v) is 0.346. The molecule has 0 fully saturated rings. The van der Waals surface area contributed by atoms with Gasteiger partial charge in [-0.3, -0.25) is 4.55 Å². The van der Waals surface area contributed by atoms with Crippen molar-refractivity contribution in [1.29, 1.82) is 0 Å². The maximum absolute atomic E-state index is 9.63. The molecule has 0 saturated heterocycles. The van der Waals surface area contributed by atoms with Gasteiger partial charge < -0.3 is 12.0 Å². The Morgan fingerprint density at radius 1 is 1.40 bits per heavy atom. The van der Waals surface area contributed by atoms with Crippen molar-refractivity contribution < 1.29 is 47.6 Å². The summed E-state index contributed by atoms with van der Waals surface area (Å²) in [4.78, 5) is 0. The van der Waals surface area contributed by atoms with Crippen LogP contribution in [0.2, 0.25) is 0 Å². The van der Waals surface area contributed by atoms with Gasteiger partial charge in [0.05, 0.1) is 12.4 Å². The summed E-state index contributed by atoms with van der Waals surface area (Å²) in [7, 11) is -3.92. The van der Waals surface area contributed by atoms with Crippen LogP contribution >= 0.6 is 0 Å². The first kappa shape index (κ1) is 17.1. The molecule has 0 rings (SSSR count). The molecule has 0 saturated carbocycles. The van der Waals surface area contributed by atoms with E-state index >= 15 is 0 Å². The van der Waals surface area contributed by atoms with E-state index in [1.165, 1.54) is 0 Å². The zero-order chi connectivity index (χ0) is 7.91. The molecule has 0 aliphatic heterocycles. The van der Waals surface area contributed by atoms with E-state index in [2.05, 4.69) is 6.92 Å². The summed E-state index contributed by atoms with van der Waals surface area (Å²) in [6.45, 7) is 4.47. The van der Waals surface area contributed by atoms with E-state index in [0.717, 1.165) is 0 Å². The minimum Gasteiger partial charge on any atom is -0.395 e. The minimum atomic E-state index is -3.92. The van der Waals surface area contributed by atoms with Crippen molar-refractivity contribution in [1.82, 2.24) is 0 Å². The second-order valence-electron chi connectivity index (χ2n) is 1.01. The summed E-state index contributed by atoms with van der Waals surface area (Å²) in [5.41, 5.74) is 0. The van der Waals surface area contributed by atoms with E-state index in [1.54, 1.807) is 6.92 Å². The summed E-state index contributed by atoms with van der Waals surface area (Å²) in [5.74, 6) is -0.576. The van der Waals surface area contributed by atoms with Crippen molar-refractivity contribution in [2.45, 2.75) is 6.92 Å². The third kappa shape index (κ3) is 23.2. The van der Waals surface area contributed by atoms with Gasteiger partial charge in [0, 0.05) is 0 Å². The van der Waals surface area contributed by atoms with Crippen LogP contribution in [-0.4, -0.2) is 30.4 Å². The Kier molecular flexibility index (Phi) is 16.9. The number of aliphatic hydroxyl groups excluding tert-OH is 1. The molecular formula is C4H11NaO4S. The first-order valence-corrected chi connectivity index (χ1v) is 3.94. The fourth-order valence-electron chi connectivity index (χ4n) is 0.115. The van der Waals surface area contributed by atoms with Gasteiger partial charge in [0.15, 0.2) is 0 Å². The molecule has 58 valence electrons. The van der Waals surface area contributed by atoms with Gasteiger partial charge in [-0.25, -0.2) is 0 Å². The van der Waals surface area contributed by atoms with Gasteiger partial charge in [0.25, 0.3) is 10.1 Å². The maximum atomic E-state index is 9.63. The predicted molar refractivity (Wildman–Crippen MR) is 34.5 cm³/mol. The first-order chi connectivity index (χ1) is 4.06. The molecule has 0 aromatic carbocycles. The molecule has 10 heavy (non-hydrogen) atoms. The normalized spacial score (nSPS) is 8.80. The Bertz CT molecular complexity index is 130. The minimum absolute atomic E-state index is 0. The molecule has 0 aromatic heterocycles. The summed E-state index contributed by atoms with van der Waals surface area (Å²) in [6, 6.07) is 0. The van der Waals surface area contributed by atoms with Crippen molar-refractivity contribution in [3.8, 4) is 0 Å². The Morgan fingerprint density at radius 2 is 1.70 bits per heavy atom. The van der Waals surface area contributed by atoms with Crippen molar-refractivity contribution >= 4 is 10.1 Å². The van der Waals surface area contributed by atoms with Crippen molar-refractivity contribution in [3.05, 3.63) is 6.92 Å². The van der Waals surface area contributed by atoms with E-state index in [0.29, 0.717) is 0 Å². The molecule has 0 spiro atoms. The van der Waals surface area contributed by atoms with Gasteiger partial charge in [-0.1, -0.05) is 0 Å². The number of hydrogen-bond acceptors (Lipinski definition) is 3. The number of aliphatic hydroxyl groups is 1. The number of hydrogen-bond donors (Lipinski definition) is 2. The van der Waals surface area contributed by atoms with E-state index in [-0.39, 0.29) is 29.6 Å². The molecule has 2 N–H and O–H groups in total. The molecule has 0 radical (unpaired) electrons. The SMILES string of the molecule is O=S(=O)(O)CCO.[CH2-]C.[Na+]. The van der Waals surface area contributed by atoms with Crippen LogP contribution in [0.1, 0.15) is 6.92 Å². The first-order valence-electron chi connectivity index (χ1n) is 2.33. The molecule has 0 unspecified atom stereocenters. The van der Waals surface area contributed by atoms with Gasteiger partial charge in [-0.05, 0) is 0 Å². The van der Waals surface area contributed by atoms with Gasteiger partial charge >= 0.3 is 29.6 Å². The standard InChI is InChI=1S/C2H6O4S.C2H5.Na/c3-1-2-7(4,5)6;1-2;/h3H,1-2H2,(H,4,5,6);1H2,2H3;/q;-1;+1. The largest absolute Gasteiger partial charge is 1.00 e. The van der Waals surface area contributed by atoms with Crippen molar-refractivity contribution in [3.63, 3.8) is 0 Å².